The Morgan fingerprint density at radius 2 is 1.59 bits per heavy atom. The molecule has 0 saturated heterocycles. The molecule has 0 fully saturated rings. The Kier molecular flexibility index (Phi) is 9.66. The van der Waals surface area contributed by atoms with E-state index in [1.165, 1.54) is 13.0 Å². The molecule has 32 heavy (non-hydrogen) atoms. The molecule has 0 amide bonds. The number of aromatic hydroxyl groups is 1. The molecule has 8 heteroatoms. The molecule has 0 aliphatic rings. The number of rotatable bonds is 11. The highest BCUT2D eigenvalue weighted by Crippen LogP contribution is 2.29. The molecule has 0 saturated carbocycles. The zero-order valence-corrected chi connectivity index (χ0v) is 18.6. The van der Waals surface area contributed by atoms with Gasteiger partial charge in [0, 0.05) is 5.56 Å². The lowest BCUT2D eigenvalue weighted by molar-refractivity contribution is -0.147. The van der Waals surface area contributed by atoms with Crippen LogP contribution in [0.1, 0.15) is 50.7 Å². The molecule has 1 aromatic heterocycles. The summed E-state index contributed by atoms with van der Waals surface area (Å²) in [6.07, 6.45) is 2.86. The van der Waals surface area contributed by atoms with Crippen molar-refractivity contribution in [3.8, 4) is 5.75 Å². The first-order valence-corrected chi connectivity index (χ1v) is 10.7. The van der Waals surface area contributed by atoms with Crippen LogP contribution in [0.2, 0.25) is 0 Å². The van der Waals surface area contributed by atoms with Gasteiger partial charge in [-0.05, 0) is 31.4 Å². The zero-order valence-electron chi connectivity index (χ0n) is 18.6. The number of anilines is 1. The number of hydrogen-bond acceptors (Lipinski definition) is 7. The second-order valence-corrected chi connectivity index (χ2v) is 7.18. The number of carbonyl (C=O) groups is 2. The van der Waals surface area contributed by atoms with Crippen molar-refractivity contribution in [1.29, 1.82) is 0 Å². The van der Waals surface area contributed by atoms with E-state index in [4.69, 9.17) is 9.47 Å². The summed E-state index contributed by atoms with van der Waals surface area (Å²) in [5.41, 5.74) is 0.200. The zero-order chi connectivity index (χ0) is 23.5. The molecule has 1 aromatic carbocycles. The molecule has 2 rings (SSSR count). The number of unbranched alkanes of at least 4 members (excludes halogenated alkanes) is 2. The van der Waals surface area contributed by atoms with Crippen LogP contribution in [-0.2, 0) is 19.1 Å². The Hall–Kier alpha value is -3.42. The third-order valence-electron chi connectivity index (χ3n) is 4.56. The highest BCUT2D eigenvalue weighted by Gasteiger charge is 2.28. The molecule has 0 radical (unpaired) electrons. The average Bonchev–Trinajstić information content (AvgIpc) is 2.77. The smallest absolute Gasteiger partial charge is 0.347 e. The molecule has 0 unspecified atom stereocenters. The van der Waals surface area contributed by atoms with Crippen LogP contribution in [0.5, 0.6) is 5.75 Å². The van der Waals surface area contributed by atoms with Gasteiger partial charge < -0.3 is 19.9 Å². The molecule has 0 atom stereocenters. The van der Waals surface area contributed by atoms with Crippen LogP contribution in [0.25, 0.3) is 5.70 Å². The fourth-order valence-electron chi connectivity index (χ4n) is 2.72. The quantitative estimate of drug-likeness (QED) is 0.129. The Balaban J connectivity index is 2.59. The maximum atomic E-state index is 14.1. The minimum atomic E-state index is -0.877. The van der Waals surface area contributed by atoms with Gasteiger partial charge in [-0.1, -0.05) is 57.0 Å². The van der Waals surface area contributed by atoms with E-state index in [0.29, 0.717) is 18.4 Å². The Morgan fingerprint density at radius 3 is 2.12 bits per heavy atom. The maximum Gasteiger partial charge on any atom is 0.347 e. The van der Waals surface area contributed by atoms with Crippen LogP contribution in [0.4, 0.5) is 10.2 Å². The Bertz CT molecular complexity index is 936. The summed E-state index contributed by atoms with van der Waals surface area (Å²) >= 11 is 0. The van der Waals surface area contributed by atoms with Gasteiger partial charge in [-0.25, -0.2) is 9.59 Å². The number of carbonyl (C=O) groups excluding carboxylic acids is 2. The summed E-state index contributed by atoms with van der Waals surface area (Å²) < 4.78 is 24.7. The maximum absolute atomic E-state index is 14.1. The van der Waals surface area contributed by atoms with Gasteiger partial charge >= 0.3 is 11.9 Å². The first kappa shape index (κ1) is 24.8. The molecule has 172 valence electrons. The van der Waals surface area contributed by atoms with Crippen molar-refractivity contribution in [1.82, 2.24) is 4.98 Å². The number of aromatic nitrogens is 1. The molecular formula is C24H29FN2O5. The molecule has 7 nitrogen and oxygen atoms in total. The lowest BCUT2D eigenvalue weighted by Crippen LogP contribution is -2.23. The third-order valence-corrected chi connectivity index (χ3v) is 4.56. The van der Waals surface area contributed by atoms with Gasteiger partial charge in [0.15, 0.2) is 17.1 Å². The van der Waals surface area contributed by atoms with Crippen LogP contribution in [0, 0.1) is 12.9 Å². The van der Waals surface area contributed by atoms with Crippen molar-refractivity contribution in [3.05, 3.63) is 59.0 Å². The number of benzene rings is 1. The van der Waals surface area contributed by atoms with Crippen LogP contribution >= 0.6 is 0 Å². The number of nitrogens with one attached hydrogen (secondary N) is 1. The van der Waals surface area contributed by atoms with E-state index in [1.54, 1.807) is 30.3 Å². The number of pyridine rings is 1. The molecule has 0 bridgehead atoms. The van der Waals surface area contributed by atoms with Crippen molar-refractivity contribution in [2.45, 2.75) is 46.5 Å². The normalized spacial score (nSPS) is 10.4. The largest absolute Gasteiger partial charge is 0.504 e. The minimum absolute atomic E-state index is 0.000324. The molecule has 2 aromatic rings. The first-order chi connectivity index (χ1) is 15.4. The Morgan fingerprint density at radius 1 is 1.03 bits per heavy atom. The molecule has 0 spiro atoms. The van der Waals surface area contributed by atoms with E-state index in [1.807, 2.05) is 13.8 Å². The van der Waals surface area contributed by atoms with E-state index < -0.39 is 17.9 Å². The predicted molar refractivity (Wildman–Crippen MR) is 119 cm³/mol. The highest BCUT2D eigenvalue weighted by atomic mass is 19.1. The van der Waals surface area contributed by atoms with E-state index >= 15 is 0 Å². The SMILES string of the molecule is CCCCOC(=O)C(C(=O)OCCCC)=C(Nc1nc(F)c(C)cc1O)c1ccccc1. The topological polar surface area (TPSA) is 97.8 Å². The second kappa shape index (κ2) is 12.4. The van der Waals surface area contributed by atoms with Gasteiger partial charge in [-0.3, -0.25) is 0 Å². The lowest BCUT2D eigenvalue weighted by Gasteiger charge is -2.17. The van der Waals surface area contributed by atoms with Crippen LogP contribution in [0.15, 0.2) is 42.0 Å². The van der Waals surface area contributed by atoms with Gasteiger partial charge in [0.2, 0.25) is 5.95 Å². The second-order valence-electron chi connectivity index (χ2n) is 7.18. The fourth-order valence-corrected chi connectivity index (χ4v) is 2.72. The standard InChI is InChI=1S/C24H29FN2O5/c1-4-6-13-31-23(29)19(24(30)32-14-7-5-2)20(17-11-9-8-10-12-17)26-22-18(28)15-16(3)21(25)27-22/h8-12,15,28H,4-7,13-14H2,1-3H3,(H,26,27). The number of aryl methyl sites for hydroxylation is 1. The molecule has 2 N–H and O–H groups in total. The van der Waals surface area contributed by atoms with Gasteiger partial charge in [0.1, 0.15) is 0 Å². The fraction of sp³-hybridized carbons (Fsp3) is 0.375. The van der Waals surface area contributed by atoms with Crippen molar-refractivity contribution < 1.29 is 28.6 Å². The summed E-state index contributed by atoms with van der Waals surface area (Å²) in [6, 6.07) is 9.70. The molecule has 0 aliphatic heterocycles. The van der Waals surface area contributed by atoms with Gasteiger partial charge in [-0.15, -0.1) is 0 Å². The predicted octanol–water partition coefficient (Wildman–Crippen LogP) is 4.74. The van der Waals surface area contributed by atoms with E-state index in [2.05, 4.69) is 10.3 Å². The molecular weight excluding hydrogens is 415 g/mol. The summed E-state index contributed by atoms with van der Waals surface area (Å²) in [6.45, 7) is 5.61. The van der Waals surface area contributed by atoms with E-state index in [0.717, 1.165) is 12.8 Å². The van der Waals surface area contributed by atoms with Crippen LogP contribution < -0.4 is 5.32 Å². The van der Waals surface area contributed by atoms with E-state index in [-0.39, 0.29) is 41.6 Å². The van der Waals surface area contributed by atoms with Crippen molar-refractivity contribution in [2.75, 3.05) is 18.5 Å². The number of esters is 2. The van der Waals surface area contributed by atoms with Crippen molar-refractivity contribution in [2.24, 2.45) is 0 Å². The van der Waals surface area contributed by atoms with Crippen molar-refractivity contribution >= 4 is 23.5 Å². The van der Waals surface area contributed by atoms with Crippen LogP contribution in [-0.4, -0.2) is 35.2 Å². The van der Waals surface area contributed by atoms with Crippen molar-refractivity contribution in [3.63, 3.8) is 0 Å². The lowest BCUT2D eigenvalue weighted by atomic mass is 10.1. The average molecular weight is 445 g/mol. The molecule has 1 heterocycles. The number of hydrogen-bond donors (Lipinski definition) is 2. The Labute approximate surface area is 187 Å². The van der Waals surface area contributed by atoms with Gasteiger partial charge in [-0.2, -0.15) is 9.37 Å². The van der Waals surface area contributed by atoms with Gasteiger partial charge in [0.25, 0.3) is 0 Å². The van der Waals surface area contributed by atoms with Gasteiger partial charge in [0.05, 0.1) is 18.9 Å². The number of halogens is 1. The third kappa shape index (κ3) is 6.80. The number of ether oxygens (including phenoxy) is 2. The summed E-state index contributed by atoms with van der Waals surface area (Å²) in [5, 5.41) is 13.0. The first-order valence-electron chi connectivity index (χ1n) is 10.7. The minimum Gasteiger partial charge on any atom is -0.504 e. The molecule has 0 aliphatic carbocycles. The van der Waals surface area contributed by atoms with E-state index in [9.17, 15) is 19.1 Å². The highest BCUT2D eigenvalue weighted by molar-refractivity contribution is 6.21. The van der Waals surface area contributed by atoms with Crippen LogP contribution in [0.3, 0.4) is 0 Å². The summed E-state index contributed by atoms with van der Waals surface area (Å²) in [4.78, 5) is 29.6. The summed E-state index contributed by atoms with van der Waals surface area (Å²) in [5.74, 6) is -3.13. The number of nitrogens with zero attached hydrogens (tertiary/aromatic N) is 1. The monoisotopic (exact) mass is 444 g/mol. The summed E-state index contributed by atoms with van der Waals surface area (Å²) in [7, 11) is 0.